The minimum Gasteiger partial charge on any atom is -0.388 e. The lowest BCUT2D eigenvalue weighted by Crippen LogP contribution is -2.45. The fourth-order valence-electron chi connectivity index (χ4n) is 2.58. The van der Waals surface area contributed by atoms with Crippen LogP contribution in [0, 0.1) is 11.8 Å². The molecule has 0 aromatic carbocycles. The van der Waals surface area contributed by atoms with Crippen molar-refractivity contribution in [2.45, 2.75) is 52.2 Å². The molecule has 0 aliphatic carbocycles. The van der Waals surface area contributed by atoms with Crippen molar-refractivity contribution in [2.75, 3.05) is 13.1 Å². The molecule has 0 aromatic heterocycles. The number of carbonyl (C=O) groups excluding carboxylic acids is 1. The van der Waals surface area contributed by atoms with Gasteiger partial charge in [-0.25, -0.2) is 0 Å². The van der Waals surface area contributed by atoms with Crippen LogP contribution >= 0.6 is 0 Å². The van der Waals surface area contributed by atoms with E-state index >= 15 is 0 Å². The smallest absolute Gasteiger partial charge is 0.224 e. The molecule has 4 heteroatoms. The highest BCUT2D eigenvalue weighted by atomic mass is 16.3. The summed E-state index contributed by atoms with van der Waals surface area (Å²) in [5.41, 5.74) is -0.806. The highest BCUT2D eigenvalue weighted by molar-refractivity contribution is 5.79. The van der Waals surface area contributed by atoms with Crippen LogP contribution in [0.15, 0.2) is 0 Å². The third-order valence-electron chi connectivity index (χ3n) is 3.35. The van der Waals surface area contributed by atoms with Crippen LogP contribution in [0.3, 0.4) is 0 Å². The minimum absolute atomic E-state index is 0.0462. The maximum atomic E-state index is 11.9. The van der Waals surface area contributed by atoms with Crippen molar-refractivity contribution in [3.8, 4) is 0 Å². The van der Waals surface area contributed by atoms with Crippen LogP contribution in [0.4, 0.5) is 0 Å². The Bertz CT molecular complexity index is 264. The summed E-state index contributed by atoms with van der Waals surface area (Å²) >= 11 is 0. The summed E-state index contributed by atoms with van der Waals surface area (Å²) < 4.78 is 0. The summed E-state index contributed by atoms with van der Waals surface area (Å²) in [7, 11) is 0. The Labute approximate surface area is 104 Å². The normalized spacial score (nSPS) is 28.1. The van der Waals surface area contributed by atoms with Crippen molar-refractivity contribution < 1.29 is 9.90 Å². The maximum Gasteiger partial charge on any atom is 0.224 e. The first-order valence-corrected chi connectivity index (χ1v) is 6.55. The van der Waals surface area contributed by atoms with Gasteiger partial charge in [-0.1, -0.05) is 13.8 Å². The SMILES string of the molecule is CC(C)CC(C)(O)CNC(=O)C1CCNC1C. The number of rotatable bonds is 5. The van der Waals surface area contributed by atoms with Crippen molar-refractivity contribution in [2.24, 2.45) is 11.8 Å². The van der Waals surface area contributed by atoms with Crippen LogP contribution in [-0.4, -0.2) is 35.7 Å². The van der Waals surface area contributed by atoms with Crippen LogP contribution < -0.4 is 10.6 Å². The number of amides is 1. The molecule has 17 heavy (non-hydrogen) atoms. The Balaban J connectivity index is 2.37. The van der Waals surface area contributed by atoms with Crippen LogP contribution in [0.25, 0.3) is 0 Å². The monoisotopic (exact) mass is 242 g/mol. The zero-order chi connectivity index (χ0) is 13.1. The first kappa shape index (κ1) is 14.5. The second kappa shape index (κ2) is 5.83. The van der Waals surface area contributed by atoms with Crippen LogP contribution in [0.2, 0.25) is 0 Å². The molecule has 1 saturated heterocycles. The lowest BCUT2D eigenvalue weighted by Gasteiger charge is -2.26. The van der Waals surface area contributed by atoms with Gasteiger partial charge in [0, 0.05) is 12.6 Å². The molecule has 3 unspecified atom stereocenters. The third-order valence-corrected chi connectivity index (χ3v) is 3.35. The van der Waals surface area contributed by atoms with Crippen molar-refractivity contribution in [1.29, 1.82) is 0 Å². The van der Waals surface area contributed by atoms with Crippen molar-refractivity contribution in [1.82, 2.24) is 10.6 Å². The van der Waals surface area contributed by atoms with Gasteiger partial charge >= 0.3 is 0 Å². The van der Waals surface area contributed by atoms with E-state index in [2.05, 4.69) is 24.5 Å². The largest absolute Gasteiger partial charge is 0.388 e. The highest BCUT2D eigenvalue weighted by Crippen LogP contribution is 2.17. The van der Waals surface area contributed by atoms with Gasteiger partial charge in [0.2, 0.25) is 5.91 Å². The van der Waals surface area contributed by atoms with Crippen LogP contribution in [0.5, 0.6) is 0 Å². The van der Waals surface area contributed by atoms with Gasteiger partial charge in [0.25, 0.3) is 0 Å². The molecule has 1 amide bonds. The number of hydrogen-bond donors (Lipinski definition) is 3. The molecule has 1 rings (SSSR count). The molecular formula is C13H26N2O2. The molecule has 1 aliphatic heterocycles. The van der Waals surface area contributed by atoms with E-state index in [9.17, 15) is 9.90 Å². The van der Waals surface area contributed by atoms with Gasteiger partial charge in [-0.3, -0.25) is 4.79 Å². The summed E-state index contributed by atoms with van der Waals surface area (Å²) in [6.07, 6.45) is 1.59. The summed E-state index contributed by atoms with van der Waals surface area (Å²) in [5.74, 6) is 0.533. The lowest BCUT2D eigenvalue weighted by molar-refractivity contribution is -0.126. The summed E-state index contributed by atoms with van der Waals surface area (Å²) in [6, 6.07) is 0.241. The molecule has 0 radical (unpaired) electrons. The van der Waals surface area contributed by atoms with E-state index in [0.29, 0.717) is 18.9 Å². The van der Waals surface area contributed by atoms with E-state index in [1.54, 1.807) is 6.92 Å². The second-order valence-corrected chi connectivity index (χ2v) is 5.95. The molecular weight excluding hydrogens is 216 g/mol. The molecule has 100 valence electrons. The Kier molecular flexibility index (Phi) is 4.95. The predicted molar refractivity (Wildman–Crippen MR) is 68.7 cm³/mol. The van der Waals surface area contributed by atoms with Crippen molar-refractivity contribution in [3.63, 3.8) is 0 Å². The molecule has 0 aromatic rings. The fraction of sp³-hybridized carbons (Fsp3) is 0.923. The second-order valence-electron chi connectivity index (χ2n) is 5.95. The average molecular weight is 242 g/mol. The van der Waals surface area contributed by atoms with Gasteiger partial charge < -0.3 is 15.7 Å². The van der Waals surface area contributed by atoms with Crippen LogP contribution in [0.1, 0.15) is 40.5 Å². The number of hydrogen-bond acceptors (Lipinski definition) is 3. The van der Waals surface area contributed by atoms with Crippen molar-refractivity contribution in [3.05, 3.63) is 0 Å². The number of nitrogens with one attached hydrogen (secondary N) is 2. The standard InChI is InChI=1S/C13H26N2O2/c1-9(2)7-13(4,17)8-15-12(16)11-5-6-14-10(11)3/h9-11,14,17H,5-8H2,1-4H3,(H,15,16). The maximum absolute atomic E-state index is 11.9. The summed E-state index contributed by atoms with van der Waals surface area (Å²) in [5, 5.41) is 16.2. The number of carbonyl (C=O) groups is 1. The van der Waals surface area contributed by atoms with Crippen LogP contribution in [-0.2, 0) is 4.79 Å². The Morgan fingerprint density at radius 3 is 2.71 bits per heavy atom. The Morgan fingerprint density at radius 2 is 2.24 bits per heavy atom. The molecule has 4 nitrogen and oxygen atoms in total. The average Bonchev–Trinajstić information content (AvgIpc) is 2.59. The fourth-order valence-corrected chi connectivity index (χ4v) is 2.58. The van der Waals surface area contributed by atoms with Gasteiger partial charge in [-0.05, 0) is 39.2 Å². The first-order chi connectivity index (χ1) is 7.82. The van der Waals surface area contributed by atoms with Gasteiger partial charge in [-0.15, -0.1) is 0 Å². The molecule has 0 saturated carbocycles. The molecule has 0 spiro atoms. The topological polar surface area (TPSA) is 61.4 Å². The Hall–Kier alpha value is -0.610. The molecule has 3 atom stereocenters. The molecule has 1 fully saturated rings. The molecule has 0 bridgehead atoms. The van der Waals surface area contributed by atoms with Crippen molar-refractivity contribution >= 4 is 5.91 Å². The lowest BCUT2D eigenvalue weighted by atomic mass is 9.93. The van der Waals surface area contributed by atoms with E-state index < -0.39 is 5.60 Å². The zero-order valence-electron chi connectivity index (χ0n) is 11.4. The van der Waals surface area contributed by atoms with E-state index in [-0.39, 0.29) is 17.9 Å². The number of aliphatic hydroxyl groups is 1. The molecule has 3 N–H and O–H groups in total. The van der Waals surface area contributed by atoms with Gasteiger partial charge in [0.1, 0.15) is 0 Å². The van der Waals surface area contributed by atoms with Gasteiger partial charge in [0.15, 0.2) is 0 Å². The van der Waals surface area contributed by atoms with E-state index in [0.717, 1.165) is 13.0 Å². The van der Waals surface area contributed by atoms with E-state index in [1.165, 1.54) is 0 Å². The quantitative estimate of drug-likeness (QED) is 0.671. The molecule has 1 heterocycles. The van der Waals surface area contributed by atoms with Gasteiger partial charge in [0.05, 0.1) is 11.5 Å². The van der Waals surface area contributed by atoms with E-state index in [1.807, 2.05) is 6.92 Å². The molecule has 1 aliphatic rings. The Morgan fingerprint density at radius 1 is 1.59 bits per heavy atom. The highest BCUT2D eigenvalue weighted by Gasteiger charge is 2.31. The minimum atomic E-state index is -0.806. The first-order valence-electron chi connectivity index (χ1n) is 6.55. The summed E-state index contributed by atoms with van der Waals surface area (Å²) in [4.78, 5) is 11.9. The third kappa shape index (κ3) is 4.64. The van der Waals surface area contributed by atoms with E-state index in [4.69, 9.17) is 0 Å². The zero-order valence-corrected chi connectivity index (χ0v) is 11.4. The van der Waals surface area contributed by atoms with Gasteiger partial charge in [-0.2, -0.15) is 0 Å². The summed E-state index contributed by atoms with van der Waals surface area (Å²) in [6.45, 7) is 9.19. The predicted octanol–water partition coefficient (Wildman–Crippen LogP) is 0.898.